The van der Waals surface area contributed by atoms with Gasteiger partial charge in [0.1, 0.15) is 23.0 Å². The standard InChI is InChI=1S/C25H36N2O4/c1-19(2)11-13-27(18-21-8-10-23(29-4)16-25(21)31-6)14-12-26-17-20-7-9-22(28-3)15-24(20)30-5/h7-11,15-16,26H,12-14,17-18H2,1-6H3. The van der Waals surface area contributed by atoms with E-state index in [0.29, 0.717) is 0 Å². The zero-order chi connectivity index (χ0) is 22.6. The minimum atomic E-state index is 0.732. The molecule has 0 unspecified atom stereocenters. The molecule has 2 aromatic rings. The van der Waals surface area contributed by atoms with Gasteiger partial charge in [0.2, 0.25) is 0 Å². The molecule has 0 heterocycles. The first-order chi connectivity index (χ1) is 15.0. The van der Waals surface area contributed by atoms with Gasteiger partial charge in [-0.15, -0.1) is 0 Å². The summed E-state index contributed by atoms with van der Waals surface area (Å²) < 4.78 is 21.7. The molecule has 2 aromatic carbocycles. The van der Waals surface area contributed by atoms with Crippen LogP contribution in [0.4, 0.5) is 0 Å². The Morgan fingerprint density at radius 3 is 1.97 bits per heavy atom. The zero-order valence-corrected chi connectivity index (χ0v) is 19.7. The minimum absolute atomic E-state index is 0.732. The molecule has 0 amide bonds. The third-order valence-electron chi connectivity index (χ3n) is 5.06. The topological polar surface area (TPSA) is 52.2 Å². The summed E-state index contributed by atoms with van der Waals surface area (Å²) in [5.41, 5.74) is 3.56. The molecule has 0 aromatic heterocycles. The maximum Gasteiger partial charge on any atom is 0.127 e. The van der Waals surface area contributed by atoms with Gasteiger partial charge in [0.25, 0.3) is 0 Å². The molecule has 31 heavy (non-hydrogen) atoms. The number of ether oxygens (including phenoxy) is 4. The SMILES string of the molecule is COc1ccc(CNCCN(CC=C(C)C)Cc2ccc(OC)cc2OC)c(OC)c1. The molecule has 0 aliphatic rings. The number of hydrogen-bond acceptors (Lipinski definition) is 6. The lowest BCUT2D eigenvalue weighted by Crippen LogP contribution is -2.32. The number of rotatable bonds is 13. The Kier molecular flexibility index (Phi) is 10.2. The smallest absolute Gasteiger partial charge is 0.127 e. The summed E-state index contributed by atoms with van der Waals surface area (Å²) in [6, 6.07) is 11.9. The predicted molar refractivity (Wildman–Crippen MR) is 126 cm³/mol. The second-order valence-electron chi connectivity index (χ2n) is 7.55. The Hall–Kier alpha value is -2.70. The van der Waals surface area contributed by atoms with Gasteiger partial charge in [-0.1, -0.05) is 23.8 Å². The molecule has 0 aliphatic heterocycles. The summed E-state index contributed by atoms with van der Waals surface area (Å²) in [5.74, 6) is 3.27. The van der Waals surface area contributed by atoms with E-state index in [1.54, 1.807) is 28.4 Å². The van der Waals surface area contributed by atoms with Crippen LogP contribution in [0.2, 0.25) is 0 Å². The van der Waals surface area contributed by atoms with Gasteiger partial charge in [0.05, 0.1) is 28.4 Å². The number of allylic oxidation sites excluding steroid dienone is 1. The van der Waals surface area contributed by atoms with Crippen molar-refractivity contribution < 1.29 is 18.9 Å². The van der Waals surface area contributed by atoms with Gasteiger partial charge in [-0.25, -0.2) is 0 Å². The second kappa shape index (κ2) is 12.9. The fraction of sp³-hybridized carbons (Fsp3) is 0.440. The lowest BCUT2D eigenvalue weighted by molar-refractivity contribution is 0.285. The van der Waals surface area contributed by atoms with Gasteiger partial charge < -0.3 is 24.3 Å². The van der Waals surface area contributed by atoms with Crippen molar-refractivity contribution in [1.82, 2.24) is 10.2 Å². The van der Waals surface area contributed by atoms with Crippen molar-refractivity contribution in [3.63, 3.8) is 0 Å². The average Bonchev–Trinajstić information content (AvgIpc) is 2.79. The van der Waals surface area contributed by atoms with E-state index in [1.165, 1.54) is 5.57 Å². The molecule has 0 atom stereocenters. The van der Waals surface area contributed by atoms with Crippen molar-refractivity contribution in [3.05, 3.63) is 59.2 Å². The van der Waals surface area contributed by atoms with E-state index in [-0.39, 0.29) is 0 Å². The van der Waals surface area contributed by atoms with Gasteiger partial charge in [-0.2, -0.15) is 0 Å². The molecular weight excluding hydrogens is 392 g/mol. The Balaban J connectivity index is 1.99. The lowest BCUT2D eigenvalue weighted by Gasteiger charge is -2.23. The summed E-state index contributed by atoms with van der Waals surface area (Å²) in [6.45, 7) is 8.41. The molecule has 2 rings (SSSR count). The predicted octanol–water partition coefficient (Wildman–Crippen LogP) is 4.28. The third-order valence-corrected chi connectivity index (χ3v) is 5.06. The van der Waals surface area contributed by atoms with Gasteiger partial charge in [-0.05, 0) is 26.0 Å². The molecule has 6 nitrogen and oxygen atoms in total. The lowest BCUT2D eigenvalue weighted by atomic mass is 10.1. The normalized spacial score (nSPS) is 10.7. The van der Waals surface area contributed by atoms with Crippen LogP contribution in [0.5, 0.6) is 23.0 Å². The Bertz CT molecular complexity index is 847. The van der Waals surface area contributed by atoms with E-state index in [2.05, 4.69) is 36.2 Å². The highest BCUT2D eigenvalue weighted by atomic mass is 16.5. The molecule has 0 spiro atoms. The molecule has 170 valence electrons. The zero-order valence-electron chi connectivity index (χ0n) is 19.7. The van der Waals surface area contributed by atoms with Crippen molar-refractivity contribution in [2.75, 3.05) is 48.1 Å². The fourth-order valence-corrected chi connectivity index (χ4v) is 3.23. The van der Waals surface area contributed by atoms with E-state index in [0.717, 1.165) is 66.8 Å². The highest BCUT2D eigenvalue weighted by Crippen LogP contribution is 2.26. The van der Waals surface area contributed by atoms with Crippen molar-refractivity contribution in [3.8, 4) is 23.0 Å². The molecule has 0 saturated carbocycles. The highest BCUT2D eigenvalue weighted by molar-refractivity contribution is 5.41. The van der Waals surface area contributed by atoms with E-state index < -0.39 is 0 Å². The number of nitrogens with zero attached hydrogens (tertiary/aromatic N) is 1. The van der Waals surface area contributed by atoms with Gasteiger partial charge in [0.15, 0.2) is 0 Å². The van der Waals surface area contributed by atoms with Crippen molar-refractivity contribution in [2.24, 2.45) is 0 Å². The molecule has 0 bridgehead atoms. The van der Waals surface area contributed by atoms with Crippen LogP contribution in [0.25, 0.3) is 0 Å². The van der Waals surface area contributed by atoms with Gasteiger partial charge in [-0.3, -0.25) is 4.90 Å². The van der Waals surface area contributed by atoms with Crippen LogP contribution >= 0.6 is 0 Å². The monoisotopic (exact) mass is 428 g/mol. The van der Waals surface area contributed by atoms with Crippen LogP contribution in [0.1, 0.15) is 25.0 Å². The Morgan fingerprint density at radius 1 is 0.839 bits per heavy atom. The minimum Gasteiger partial charge on any atom is -0.497 e. The highest BCUT2D eigenvalue weighted by Gasteiger charge is 2.11. The van der Waals surface area contributed by atoms with Crippen LogP contribution in [0.15, 0.2) is 48.0 Å². The van der Waals surface area contributed by atoms with Crippen molar-refractivity contribution in [1.29, 1.82) is 0 Å². The summed E-state index contributed by atoms with van der Waals surface area (Å²) in [5, 5.41) is 3.53. The molecule has 0 fully saturated rings. The first-order valence-corrected chi connectivity index (χ1v) is 10.5. The molecule has 0 aliphatic carbocycles. The fourth-order valence-electron chi connectivity index (χ4n) is 3.23. The summed E-state index contributed by atoms with van der Waals surface area (Å²) in [6.07, 6.45) is 2.25. The summed E-state index contributed by atoms with van der Waals surface area (Å²) in [4.78, 5) is 2.40. The maximum absolute atomic E-state index is 5.58. The van der Waals surface area contributed by atoms with Gasteiger partial charge >= 0.3 is 0 Å². The molecule has 1 N–H and O–H groups in total. The number of benzene rings is 2. The summed E-state index contributed by atoms with van der Waals surface area (Å²) in [7, 11) is 6.70. The second-order valence-corrected chi connectivity index (χ2v) is 7.55. The van der Waals surface area contributed by atoms with E-state index in [9.17, 15) is 0 Å². The first kappa shape index (κ1) is 24.6. The van der Waals surface area contributed by atoms with E-state index in [1.807, 2.05) is 30.3 Å². The molecule has 6 heteroatoms. The van der Waals surface area contributed by atoms with Crippen molar-refractivity contribution >= 4 is 0 Å². The largest absolute Gasteiger partial charge is 0.497 e. The van der Waals surface area contributed by atoms with Crippen molar-refractivity contribution in [2.45, 2.75) is 26.9 Å². The van der Waals surface area contributed by atoms with E-state index in [4.69, 9.17) is 18.9 Å². The van der Waals surface area contributed by atoms with Gasteiger partial charge in [0, 0.05) is 56.0 Å². The molecular formula is C25H36N2O4. The maximum atomic E-state index is 5.58. The third kappa shape index (κ3) is 7.81. The van der Waals surface area contributed by atoms with E-state index >= 15 is 0 Å². The Labute approximate surface area is 186 Å². The molecule has 0 radical (unpaired) electrons. The molecule has 0 saturated heterocycles. The average molecular weight is 429 g/mol. The number of nitrogens with one attached hydrogen (secondary N) is 1. The van der Waals surface area contributed by atoms with Crippen LogP contribution < -0.4 is 24.3 Å². The Morgan fingerprint density at radius 2 is 1.42 bits per heavy atom. The summed E-state index contributed by atoms with van der Waals surface area (Å²) >= 11 is 0. The van der Waals surface area contributed by atoms with Crippen LogP contribution in [0, 0.1) is 0 Å². The quantitative estimate of drug-likeness (QED) is 0.380. The van der Waals surface area contributed by atoms with Crippen LogP contribution in [-0.2, 0) is 13.1 Å². The van der Waals surface area contributed by atoms with Crippen LogP contribution in [-0.4, -0.2) is 53.0 Å². The van der Waals surface area contributed by atoms with Crippen LogP contribution in [0.3, 0.4) is 0 Å². The first-order valence-electron chi connectivity index (χ1n) is 10.5. The number of hydrogen-bond donors (Lipinski definition) is 1. The number of methoxy groups -OCH3 is 4.